The van der Waals surface area contributed by atoms with Crippen LogP contribution in [0.3, 0.4) is 0 Å². The number of carbonyl (C=O) groups excluding carboxylic acids is 1. The third kappa shape index (κ3) is 3.94. The molecule has 0 spiro atoms. The molecule has 5 nitrogen and oxygen atoms in total. The van der Waals surface area contributed by atoms with Crippen molar-refractivity contribution < 1.29 is 14.3 Å². The van der Waals surface area contributed by atoms with E-state index in [-0.39, 0.29) is 24.7 Å². The van der Waals surface area contributed by atoms with Crippen LogP contribution in [0, 0.1) is 0 Å². The minimum absolute atomic E-state index is 0.0742. The van der Waals surface area contributed by atoms with Gasteiger partial charge in [0.15, 0.2) is 0 Å². The molecule has 2 rings (SSSR count). The zero-order valence-corrected chi connectivity index (χ0v) is 10.5. The lowest BCUT2D eigenvalue weighted by atomic mass is 10.2. The van der Waals surface area contributed by atoms with Gasteiger partial charge in [0.1, 0.15) is 6.61 Å². The third-order valence-electron chi connectivity index (χ3n) is 3.22. The average molecular weight is 242 g/mol. The Hall–Kier alpha value is -0.650. The molecule has 2 atom stereocenters. The highest BCUT2D eigenvalue weighted by Crippen LogP contribution is 2.08. The number of rotatable bonds is 4. The summed E-state index contributed by atoms with van der Waals surface area (Å²) < 4.78 is 11.1. The first-order valence-corrected chi connectivity index (χ1v) is 6.47. The fourth-order valence-electron chi connectivity index (χ4n) is 2.31. The van der Waals surface area contributed by atoms with Crippen LogP contribution in [0.25, 0.3) is 0 Å². The molecule has 0 aliphatic carbocycles. The quantitative estimate of drug-likeness (QED) is 0.754. The van der Waals surface area contributed by atoms with Crippen LogP contribution in [0.15, 0.2) is 0 Å². The number of ether oxygens (including phenoxy) is 2. The Labute approximate surface area is 102 Å². The number of nitrogens with zero attached hydrogens (tertiary/aromatic N) is 1. The summed E-state index contributed by atoms with van der Waals surface area (Å²) in [5, 5.41) is 3.28. The SMILES string of the molecule is CC1CNCC(COCC(=O)N2CCCC2)O1. The molecule has 0 radical (unpaired) electrons. The number of carbonyl (C=O) groups is 1. The monoisotopic (exact) mass is 242 g/mol. The van der Waals surface area contributed by atoms with E-state index >= 15 is 0 Å². The van der Waals surface area contributed by atoms with Gasteiger partial charge in [-0.2, -0.15) is 0 Å². The molecule has 1 N–H and O–H groups in total. The fourth-order valence-corrected chi connectivity index (χ4v) is 2.31. The molecule has 2 heterocycles. The summed E-state index contributed by atoms with van der Waals surface area (Å²) in [7, 11) is 0. The van der Waals surface area contributed by atoms with Crippen molar-refractivity contribution in [2.45, 2.75) is 32.0 Å². The Balaban J connectivity index is 1.60. The predicted octanol–water partition coefficient (Wildman–Crippen LogP) is 0.00230. The van der Waals surface area contributed by atoms with Gasteiger partial charge in [-0.3, -0.25) is 4.79 Å². The van der Waals surface area contributed by atoms with Gasteiger partial charge >= 0.3 is 0 Å². The Morgan fingerprint density at radius 2 is 2.18 bits per heavy atom. The molecule has 0 aromatic rings. The van der Waals surface area contributed by atoms with Crippen molar-refractivity contribution in [2.75, 3.05) is 39.4 Å². The molecule has 2 unspecified atom stereocenters. The number of hydrogen-bond donors (Lipinski definition) is 1. The van der Waals surface area contributed by atoms with Crippen LogP contribution in [0.5, 0.6) is 0 Å². The molecule has 1 amide bonds. The first-order chi connectivity index (χ1) is 8.25. The standard InChI is InChI=1S/C12H22N2O3/c1-10-6-13-7-11(17-10)8-16-9-12(15)14-4-2-3-5-14/h10-11,13H,2-9H2,1H3. The van der Waals surface area contributed by atoms with Gasteiger partial charge in [0.25, 0.3) is 0 Å². The maximum absolute atomic E-state index is 11.7. The van der Waals surface area contributed by atoms with Gasteiger partial charge in [-0.15, -0.1) is 0 Å². The van der Waals surface area contributed by atoms with E-state index in [1.165, 1.54) is 0 Å². The summed E-state index contributed by atoms with van der Waals surface area (Å²) in [5.74, 6) is 0.110. The molecule has 2 fully saturated rings. The van der Waals surface area contributed by atoms with Crippen LogP contribution in [0.1, 0.15) is 19.8 Å². The summed E-state index contributed by atoms with van der Waals surface area (Å²) >= 11 is 0. The predicted molar refractivity (Wildman–Crippen MR) is 63.8 cm³/mol. The highest BCUT2D eigenvalue weighted by molar-refractivity contribution is 5.77. The lowest BCUT2D eigenvalue weighted by Gasteiger charge is -2.28. The maximum atomic E-state index is 11.7. The second-order valence-electron chi connectivity index (χ2n) is 4.83. The minimum Gasteiger partial charge on any atom is -0.370 e. The minimum atomic E-state index is 0.0742. The van der Waals surface area contributed by atoms with Crippen molar-refractivity contribution >= 4 is 5.91 Å². The largest absolute Gasteiger partial charge is 0.370 e. The van der Waals surface area contributed by atoms with Crippen molar-refractivity contribution in [3.05, 3.63) is 0 Å². The average Bonchev–Trinajstić information content (AvgIpc) is 2.82. The van der Waals surface area contributed by atoms with Crippen molar-refractivity contribution in [3.63, 3.8) is 0 Å². The summed E-state index contributed by atoms with van der Waals surface area (Å²) in [5.41, 5.74) is 0. The van der Waals surface area contributed by atoms with Crippen molar-refractivity contribution in [1.82, 2.24) is 10.2 Å². The summed E-state index contributed by atoms with van der Waals surface area (Å²) in [6.45, 7) is 6.20. The second-order valence-corrected chi connectivity index (χ2v) is 4.83. The molecule has 0 aromatic heterocycles. The molecule has 0 bridgehead atoms. The van der Waals surface area contributed by atoms with E-state index in [1.807, 2.05) is 11.8 Å². The highest BCUT2D eigenvalue weighted by Gasteiger charge is 2.21. The van der Waals surface area contributed by atoms with Crippen molar-refractivity contribution in [2.24, 2.45) is 0 Å². The van der Waals surface area contributed by atoms with Gasteiger partial charge in [0.2, 0.25) is 5.91 Å². The smallest absolute Gasteiger partial charge is 0.248 e. The van der Waals surface area contributed by atoms with Gasteiger partial charge in [-0.25, -0.2) is 0 Å². The molecule has 0 aromatic carbocycles. The molecule has 2 saturated heterocycles. The molecule has 5 heteroatoms. The number of nitrogens with one attached hydrogen (secondary N) is 1. The molecule has 98 valence electrons. The van der Waals surface area contributed by atoms with E-state index < -0.39 is 0 Å². The van der Waals surface area contributed by atoms with Gasteiger partial charge in [-0.1, -0.05) is 0 Å². The molecular weight excluding hydrogens is 220 g/mol. The van der Waals surface area contributed by atoms with E-state index in [1.54, 1.807) is 0 Å². The molecule has 17 heavy (non-hydrogen) atoms. The molecule has 2 aliphatic rings. The first-order valence-electron chi connectivity index (χ1n) is 6.47. The number of likely N-dealkylation sites (tertiary alicyclic amines) is 1. The first kappa shape index (κ1) is 12.8. The Morgan fingerprint density at radius 1 is 1.41 bits per heavy atom. The summed E-state index contributed by atoms with van der Waals surface area (Å²) in [6.07, 6.45) is 2.55. The van der Waals surface area contributed by atoms with E-state index in [9.17, 15) is 4.79 Å². The van der Waals surface area contributed by atoms with Crippen LogP contribution in [0.2, 0.25) is 0 Å². The van der Waals surface area contributed by atoms with E-state index in [4.69, 9.17) is 9.47 Å². The second kappa shape index (κ2) is 6.33. The summed E-state index contributed by atoms with van der Waals surface area (Å²) in [4.78, 5) is 13.6. The van der Waals surface area contributed by atoms with E-state index in [0.29, 0.717) is 6.61 Å². The van der Waals surface area contributed by atoms with Gasteiger partial charge in [0, 0.05) is 26.2 Å². The highest BCUT2D eigenvalue weighted by atomic mass is 16.5. The van der Waals surface area contributed by atoms with Gasteiger partial charge < -0.3 is 19.7 Å². The van der Waals surface area contributed by atoms with Gasteiger partial charge in [-0.05, 0) is 19.8 Å². The van der Waals surface area contributed by atoms with Crippen LogP contribution < -0.4 is 5.32 Å². The van der Waals surface area contributed by atoms with Crippen molar-refractivity contribution in [1.29, 1.82) is 0 Å². The molecule has 2 aliphatic heterocycles. The van der Waals surface area contributed by atoms with Crippen LogP contribution >= 0.6 is 0 Å². The maximum Gasteiger partial charge on any atom is 0.248 e. The molecule has 0 saturated carbocycles. The Bertz CT molecular complexity index is 254. The molecular formula is C12H22N2O3. The summed E-state index contributed by atoms with van der Waals surface area (Å²) in [6, 6.07) is 0. The zero-order chi connectivity index (χ0) is 12.1. The number of morpholine rings is 1. The number of hydrogen-bond acceptors (Lipinski definition) is 4. The van der Waals surface area contributed by atoms with Crippen LogP contribution in [-0.4, -0.2) is 62.4 Å². The van der Waals surface area contributed by atoms with Crippen molar-refractivity contribution in [3.8, 4) is 0 Å². The Kier molecular flexibility index (Phi) is 4.76. The Morgan fingerprint density at radius 3 is 2.88 bits per heavy atom. The third-order valence-corrected chi connectivity index (χ3v) is 3.22. The normalized spacial score (nSPS) is 29.6. The fraction of sp³-hybridized carbons (Fsp3) is 0.917. The lowest BCUT2D eigenvalue weighted by molar-refractivity contribution is -0.137. The number of amides is 1. The zero-order valence-electron chi connectivity index (χ0n) is 10.5. The van der Waals surface area contributed by atoms with Crippen LogP contribution in [0.4, 0.5) is 0 Å². The van der Waals surface area contributed by atoms with E-state index in [0.717, 1.165) is 39.0 Å². The lowest BCUT2D eigenvalue weighted by Crippen LogP contribution is -2.45. The van der Waals surface area contributed by atoms with E-state index in [2.05, 4.69) is 5.32 Å². The van der Waals surface area contributed by atoms with Crippen LogP contribution in [-0.2, 0) is 14.3 Å². The topological polar surface area (TPSA) is 50.8 Å². The van der Waals surface area contributed by atoms with Gasteiger partial charge in [0.05, 0.1) is 18.8 Å².